The molecule has 3 rings (SSSR count). The molecule has 0 atom stereocenters. The van der Waals surface area contributed by atoms with Crippen LogP contribution in [0.15, 0.2) is 47.5 Å². The Morgan fingerprint density at radius 3 is 2.54 bits per heavy atom. The van der Waals surface area contributed by atoms with E-state index in [1.165, 1.54) is 11.3 Å². The van der Waals surface area contributed by atoms with E-state index in [-0.39, 0.29) is 5.91 Å². The number of carbonyl (C=O) groups is 1. The van der Waals surface area contributed by atoms with Crippen LogP contribution in [0.4, 0.5) is 0 Å². The van der Waals surface area contributed by atoms with Gasteiger partial charge in [0.05, 0.1) is 28.4 Å². The number of thiazole rings is 1. The molecule has 0 aliphatic heterocycles. The first kappa shape index (κ1) is 20.6. The van der Waals surface area contributed by atoms with Crippen molar-refractivity contribution < 1.29 is 9.53 Å². The standard InChI is InChI=1S/C21H20Cl2N2O2S/c1-4-18-19(13-10-11-15(22)16(23)12-13)25(5-2)21(28-18)24-20(26)14-8-6-7-9-17(14)27-3/h6-12H,4-5H2,1-3H3. The highest BCUT2D eigenvalue weighted by Gasteiger charge is 2.17. The number of rotatable bonds is 5. The van der Waals surface area contributed by atoms with Gasteiger partial charge in [-0.3, -0.25) is 4.79 Å². The molecule has 0 spiro atoms. The van der Waals surface area contributed by atoms with Crippen LogP contribution in [0.5, 0.6) is 5.75 Å². The van der Waals surface area contributed by atoms with Crippen LogP contribution in [0, 0.1) is 0 Å². The quantitative estimate of drug-likeness (QED) is 0.504. The molecule has 0 radical (unpaired) electrons. The Kier molecular flexibility index (Phi) is 6.60. The van der Waals surface area contributed by atoms with Crippen molar-refractivity contribution in [2.24, 2.45) is 4.99 Å². The summed E-state index contributed by atoms with van der Waals surface area (Å²) in [5.41, 5.74) is 2.41. The molecule has 3 aromatic rings. The Morgan fingerprint density at radius 2 is 1.89 bits per heavy atom. The van der Waals surface area contributed by atoms with Gasteiger partial charge < -0.3 is 9.30 Å². The van der Waals surface area contributed by atoms with Gasteiger partial charge in [0.15, 0.2) is 4.80 Å². The van der Waals surface area contributed by atoms with Crippen molar-refractivity contribution in [2.75, 3.05) is 7.11 Å². The molecule has 0 saturated heterocycles. The molecule has 0 N–H and O–H groups in total. The molecule has 0 aliphatic carbocycles. The molecule has 1 aromatic heterocycles. The van der Waals surface area contributed by atoms with Crippen molar-refractivity contribution in [2.45, 2.75) is 26.8 Å². The maximum atomic E-state index is 12.8. The summed E-state index contributed by atoms with van der Waals surface area (Å²) in [5.74, 6) is 0.181. The number of hydrogen-bond donors (Lipinski definition) is 0. The number of aryl methyl sites for hydroxylation is 1. The van der Waals surface area contributed by atoms with Crippen LogP contribution in [-0.4, -0.2) is 17.6 Å². The average Bonchev–Trinajstić information content (AvgIpc) is 3.07. The number of benzene rings is 2. The monoisotopic (exact) mass is 434 g/mol. The zero-order valence-electron chi connectivity index (χ0n) is 15.8. The largest absolute Gasteiger partial charge is 0.496 e. The molecule has 28 heavy (non-hydrogen) atoms. The number of amides is 1. The Labute approximate surface area is 178 Å². The summed E-state index contributed by atoms with van der Waals surface area (Å²) in [6, 6.07) is 12.7. The summed E-state index contributed by atoms with van der Waals surface area (Å²) in [5, 5.41) is 1.01. The van der Waals surface area contributed by atoms with Crippen LogP contribution >= 0.6 is 34.5 Å². The lowest BCUT2D eigenvalue weighted by atomic mass is 10.1. The molecule has 1 amide bonds. The number of hydrogen-bond acceptors (Lipinski definition) is 3. The third-order valence-electron chi connectivity index (χ3n) is 4.34. The molecular formula is C21H20Cl2N2O2S. The highest BCUT2D eigenvalue weighted by Crippen LogP contribution is 2.32. The second-order valence-electron chi connectivity index (χ2n) is 6.00. The summed E-state index contributed by atoms with van der Waals surface area (Å²) in [7, 11) is 1.54. The maximum Gasteiger partial charge on any atom is 0.283 e. The zero-order chi connectivity index (χ0) is 20.3. The lowest BCUT2D eigenvalue weighted by molar-refractivity contribution is 0.0995. The van der Waals surface area contributed by atoms with Crippen LogP contribution in [0.3, 0.4) is 0 Å². The fraction of sp³-hybridized carbons (Fsp3) is 0.238. The summed E-state index contributed by atoms with van der Waals surface area (Å²) < 4.78 is 7.33. The maximum absolute atomic E-state index is 12.8. The molecular weight excluding hydrogens is 415 g/mol. The first-order valence-corrected chi connectivity index (χ1v) is 10.5. The van der Waals surface area contributed by atoms with Crippen molar-refractivity contribution in [1.82, 2.24) is 4.57 Å². The molecule has 0 fully saturated rings. The summed E-state index contributed by atoms with van der Waals surface area (Å²) >= 11 is 13.8. The average molecular weight is 435 g/mol. The highest BCUT2D eigenvalue weighted by molar-refractivity contribution is 7.09. The fourth-order valence-corrected chi connectivity index (χ4v) is 4.45. The van der Waals surface area contributed by atoms with E-state index >= 15 is 0 Å². The van der Waals surface area contributed by atoms with Gasteiger partial charge in [0.25, 0.3) is 5.91 Å². The minimum Gasteiger partial charge on any atom is -0.496 e. The van der Waals surface area contributed by atoms with E-state index in [2.05, 4.69) is 11.9 Å². The van der Waals surface area contributed by atoms with Gasteiger partial charge in [0, 0.05) is 17.0 Å². The number of aromatic nitrogens is 1. The summed E-state index contributed by atoms with van der Waals surface area (Å²) in [4.78, 5) is 19.0. The van der Waals surface area contributed by atoms with Crippen LogP contribution in [0.2, 0.25) is 10.0 Å². The number of methoxy groups -OCH3 is 1. The fourth-order valence-electron chi connectivity index (χ4n) is 3.00. The van der Waals surface area contributed by atoms with E-state index in [0.29, 0.717) is 32.7 Å². The molecule has 0 unspecified atom stereocenters. The molecule has 0 bridgehead atoms. The van der Waals surface area contributed by atoms with Crippen molar-refractivity contribution in [1.29, 1.82) is 0 Å². The molecule has 2 aromatic carbocycles. The number of halogens is 2. The summed E-state index contributed by atoms with van der Waals surface area (Å²) in [6.07, 6.45) is 0.818. The van der Waals surface area contributed by atoms with Gasteiger partial charge in [-0.25, -0.2) is 0 Å². The number of nitrogens with zero attached hydrogens (tertiary/aromatic N) is 2. The molecule has 7 heteroatoms. The minimum atomic E-state index is -0.329. The van der Waals surface area contributed by atoms with E-state index in [9.17, 15) is 4.79 Å². The number of para-hydroxylation sites is 1. The van der Waals surface area contributed by atoms with E-state index in [4.69, 9.17) is 27.9 Å². The molecule has 4 nitrogen and oxygen atoms in total. The number of carbonyl (C=O) groups excluding carboxylic acids is 1. The smallest absolute Gasteiger partial charge is 0.283 e. The second kappa shape index (κ2) is 8.95. The van der Waals surface area contributed by atoms with Crippen LogP contribution in [0.25, 0.3) is 11.3 Å². The van der Waals surface area contributed by atoms with Gasteiger partial charge in [0.1, 0.15) is 5.75 Å². The molecule has 0 aliphatic rings. The SMILES string of the molecule is CCc1sc(=NC(=O)c2ccccc2OC)n(CC)c1-c1ccc(Cl)c(Cl)c1. The minimum absolute atomic E-state index is 0.329. The van der Waals surface area contributed by atoms with Crippen molar-refractivity contribution in [3.8, 4) is 17.0 Å². The van der Waals surface area contributed by atoms with Gasteiger partial charge in [-0.1, -0.05) is 48.3 Å². The van der Waals surface area contributed by atoms with Gasteiger partial charge in [-0.15, -0.1) is 11.3 Å². The van der Waals surface area contributed by atoms with Gasteiger partial charge in [0.2, 0.25) is 0 Å². The zero-order valence-corrected chi connectivity index (χ0v) is 18.2. The Morgan fingerprint density at radius 1 is 1.14 bits per heavy atom. The van der Waals surface area contributed by atoms with E-state index in [1.807, 2.05) is 29.7 Å². The normalized spacial score (nSPS) is 11.7. The third kappa shape index (κ3) is 4.02. The van der Waals surface area contributed by atoms with Crippen LogP contribution in [-0.2, 0) is 13.0 Å². The lowest BCUT2D eigenvalue weighted by Crippen LogP contribution is -2.17. The van der Waals surface area contributed by atoms with Crippen LogP contribution in [0.1, 0.15) is 29.1 Å². The summed E-state index contributed by atoms with van der Waals surface area (Å²) in [6.45, 7) is 4.78. The first-order chi connectivity index (χ1) is 13.5. The van der Waals surface area contributed by atoms with Crippen molar-refractivity contribution in [3.63, 3.8) is 0 Å². The highest BCUT2D eigenvalue weighted by atomic mass is 35.5. The van der Waals surface area contributed by atoms with E-state index < -0.39 is 0 Å². The lowest BCUT2D eigenvalue weighted by Gasteiger charge is -2.09. The first-order valence-electron chi connectivity index (χ1n) is 8.90. The van der Waals surface area contributed by atoms with E-state index in [0.717, 1.165) is 22.6 Å². The predicted molar refractivity (Wildman–Crippen MR) is 116 cm³/mol. The molecule has 146 valence electrons. The molecule has 1 heterocycles. The number of ether oxygens (including phenoxy) is 1. The predicted octanol–water partition coefficient (Wildman–Crippen LogP) is 5.86. The second-order valence-corrected chi connectivity index (χ2v) is 7.88. The molecule has 0 saturated carbocycles. The Bertz CT molecular complexity index is 1090. The van der Waals surface area contributed by atoms with Crippen molar-refractivity contribution >= 4 is 40.4 Å². The van der Waals surface area contributed by atoms with E-state index in [1.54, 1.807) is 31.4 Å². The van der Waals surface area contributed by atoms with Gasteiger partial charge >= 0.3 is 0 Å². The Hall–Kier alpha value is -2.08. The third-order valence-corrected chi connectivity index (χ3v) is 6.31. The van der Waals surface area contributed by atoms with Crippen molar-refractivity contribution in [3.05, 3.63) is 67.8 Å². The van der Waals surface area contributed by atoms with Crippen LogP contribution < -0.4 is 9.54 Å². The topological polar surface area (TPSA) is 43.6 Å². The van der Waals surface area contributed by atoms with Gasteiger partial charge in [-0.05, 0) is 37.6 Å². The Balaban J connectivity index is 2.17. The van der Waals surface area contributed by atoms with Gasteiger partial charge in [-0.2, -0.15) is 4.99 Å².